The van der Waals surface area contributed by atoms with Crippen LogP contribution in [-0.4, -0.2) is 24.2 Å². The summed E-state index contributed by atoms with van der Waals surface area (Å²) in [6.45, 7) is 3.37. The monoisotopic (exact) mass is 333 g/mol. The molecule has 0 radical (unpaired) electrons. The number of rotatable bonds is 3. The Kier molecular flexibility index (Phi) is 4.73. The van der Waals surface area contributed by atoms with Gasteiger partial charge >= 0.3 is 0 Å². The molecule has 1 rings (SSSR count). The van der Waals surface area contributed by atoms with Gasteiger partial charge in [0.25, 0.3) is 0 Å². The maximum Gasteiger partial charge on any atom is 0.232 e. The van der Waals surface area contributed by atoms with Crippen LogP contribution in [0.5, 0.6) is 0 Å². The third kappa shape index (κ3) is 2.95. The van der Waals surface area contributed by atoms with E-state index < -0.39 is 6.10 Å². The molecule has 1 aromatic carbocycles. The minimum absolute atomic E-state index is 0.0703. The molecule has 4 heteroatoms. The summed E-state index contributed by atoms with van der Waals surface area (Å²) in [6, 6.07) is 7.68. The second-order valence-electron chi connectivity index (χ2n) is 3.88. The molecule has 0 aliphatic rings. The lowest BCUT2D eigenvalue weighted by molar-refractivity contribution is -0.124. The largest absolute Gasteiger partial charge is 0.393 e. The molecule has 3 nitrogen and oxygen atoms in total. The maximum atomic E-state index is 12.0. The number of hydrogen-bond acceptors (Lipinski definition) is 2. The summed E-state index contributed by atoms with van der Waals surface area (Å²) in [7, 11) is 1.73. The summed E-state index contributed by atoms with van der Waals surface area (Å²) >= 11 is 2.19. The van der Waals surface area contributed by atoms with Gasteiger partial charge in [-0.2, -0.15) is 0 Å². The normalized spacial score (nSPS) is 14.3. The molecule has 0 aliphatic carbocycles. The van der Waals surface area contributed by atoms with Crippen LogP contribution in [-0.2, 0) is 4.79 Å². The molecular formula is C12H16INO2. The highest BCUT2D eigenvalue weighted by atomic mass is 127. The van der Waals surface area contributed by atoms with E-state index in [9.17, 15) is 9.90 Å². The molecule has 1 N–H and O–H groups in total. The highest BCUT2D eigenvalue weighted by Crippen LogP contribution is 2.22. The first-order chi connectivity index (χ1) is 7.45. The van der Waals surface area contributed by atoms with E-state index in [0.717, 1.165) is 9.26 Å². The van der Waals surface area contributed by atoms with E-state index in [4.69, 9.17) is 0 Å². The maximum absolute atomic E-state index is 12.0. The molecule has 0 aromatic heterocycles. The number of para-hydroxylation sites is 1. The minimum Gasteiger partial charge on any atom is -0.393 e. The van der Waals surface area contributed by atoms with Gasteiger partial charge < -0.3 is 10.0 Å². The van der Waals surface area contributed by atoms with E-state index in [1.165, 1.54) is 0 Å². The molecular weight excluding hydrogens is 317 g/mol. The van der Waals surface area contributed by atoms with E-state index in [1.807, 2.05) is 24.3 Å². The highest BCUT2D eigenvalue weighted by molar-refractivity contribution is 14.1. The van der Waals surface area contributed by atoms with Crippen LogP contribution >= 0.6 is 22.6 Å². The molecule has 1 aromatic rings. The second-order valence-corrected chi connectivity index (χ2v) is 5.04. The summed E-state index contributed by atoms with van der Waals surface area (Å²) < 4.78 is 1.02. The molecule has 16 heavy (non-hydrogen) atoms. The number of aliphatic hydroxyl groups is 1. The van der Waals surface area contributed by atoms with Crippen LogP contribution in [0.15, 0.2) is 24.3 Å². The van der Waals surface area contributed by atoms with Crippen LogP contribution in [0.25, 0.3) is 0 Å². The van der Waals surface area contributed by atoms with Gasteiger partial charge in [-0.05, 0) is 41.6 Å². The Morgan fingerprint density at radius 3 is 2.44 bits per heavy atom. The number of carbonyl (C=O) groups excluding carboxylic acids is 1. The smallest absolute Gasteiger partial charge is 0.232 e. The van der Waals surface area contributed by atoms with E-state index in [1.54, 1.807) is 25.8 Å². The highest BCUT2D eigenvalue weighted by Gasteiger charge is 2.23. The van der Waals surface area contributed by atoms with Crippen molar-refractivity contribution in [1.29, 1.82) is 0 Å². The average Bonchev–Trinajstić information content (AvgIpc) is 2.26. The summed E-state index contributed by atoms with van der Waals surface area (Å²) in [5.74, 6) is -0.458. The van der Waals surface area contributed by atoms with Gasteiger partial charge in [0, 0.05) is 10.6 Å². The van der Waals surface area contributed by atoms with Gasteiger partial charge in [0.05, 0.1) is 17.7 Å². The number of nitrogens with zero attached hydrogens (tertiary/aromatic N) is 1. The van der Waals surface area contributed by atoms with Crippen LogP contribution in [0.4, 0.5) is 5.69 Å². The fraction of sp³-hybridized carbons (Fsp3) is 0.417. The van der Waals surface area contributed by atoms with E-state index in [0.29, 0.717) is 0 Å². The Bertz CT molecular complexity index is 379. The number of hydrogen-bond donors (Lipinski definition) is 1. The molecule has 0 saturated carbocycles. The van der Waals surface area contributed by atoms with Crippen molar-refractivity contribution < 1.29 is 9.90 Å². The molecule has 0 bridgehead atoms. The number of amides is 1. The first-order valence-electron chi connectivity index (χ1n) is 5.15. The molecule has 0 unspecified atom stereocenters. The average molecular weight is 333 g/mol. The first-order valence-corrected chi connectivity index (χ1v) is 6.23. The van der Waals surface area contributed by atoms with Gasteiger partial charge in [0.1, 0.15) is 0 Å². The molecule has 0 heterocycles. The Morgan fingerprint density at radius 1 is 1.38 bits per heavy atom. The Balaban J connectivity index is 2.91. The zero-order valence-corrected chi connectivity index (χ0v) is 11.8. The van der Waals surface area contributed by atoms with Crippen molar-refractivity contribution in [3.8, 4) is 0 Å². The molecule has 0 spiro atoms. The topological polar surface area (TPSA) is 40.5 Å². The lowest BCUT2D eigenvalue weighted by atomic mass is 10.0. The molecule has 2 atom stereocenters. The number of benzene rings is 1. The summed E-state index contributed by atoms with van der Waals surface area (Å²) in [5.41, 5.74) is 0.876. The fourth-order valence-electron chi connectivity index (χ4n) is 1.35. The molecule has 0 fully saturated rings. The van der Waals surface area contributed by atoms with Crippen molar-refractivity contribution in [3.63, 3.8) is 0 Å². The molecule has 0 saturated heterocycles. The van der Waals surface area contributed by atoms with Gasteiger partial charge in [-0.1, -0.05) is 19.1 Å². The number of halogens is 1. The number of aliphatic hydroxyl groups excluding tert-OH is 1. The summed E-state index contributed by atoms with van der Waals surface area (Å²) in [5, 5.41) is 9.41. The second kappa shape index (κ2) is 5.63. The van der Waals surface area contributed by atoms with Crippen molar-refractivity contribution in [3.05, 3.63) is 27.8 Å². The SMILES string of the molecule is C[C@H](O)[C@@H](C)C(=O)N(C)c1ccccc1I. The molecule has 0 aliphatic heterocycles. The quantitative estimate of drug-likeness (QED) is 0.862. The van der Waals surface area contributed by atoms with Gasteiger partial charge in [0.15, 0.2) is 0 Å². The van der Waals surface area contributed by atoms with Crippen molar-refractivity contribution in [2.45, 2.75) is 20.0 Å². The lowest BCUT2D eigenvalue weighted by Crippen LogP contribution is -2.36. The minimum atomic E-state index is -0.628. The Morgan fingerprint density at radius 2 is 1.94 bits per heavy atom. The van der Waals surface area contributed by atoms with Crippen molar-refractivity contribution in [2.24, 2.45) is 5.92 Å². The number of carbonyl (C=O) groups is 1. The van der Waals surface area contributed by atoms with E-state index >= 15 is 0 Å². The fourth-order valence-corrected chi connectivity index (χ4v) is 2.10. The van der Waals surface area contributed by atoms with Crippen molar-refractivity contribution >= 4 is 34.2 Å². The predicted molar refractivity (Wildman–Crippen MR) is 73.4 cm³/mol. The Labute approximate surface area is 110 Å². The first kappa shape index (κ1) is 13.4. The summed E-state index contributed by atoms with van der Waals surface area (Å²) in [4.78, 5) is 13.6. The zero-order valence-electron chi connectivity index (χ0n) is 9.64. The van der Waals surface area contributed by atoms with Crippen LogP contribution in [0.3, 0.4) is 0 Å². The third-order valence-electron chi connectivity index (χ3n) is 2.66. The van der Waals surface area contributed by atoms with E-state index in [-0.39, 0.29) is 11.8 Å². The van der Waals surface area contributed by atoms with Crippen LogP contribution in [0.1, 0.15) is 13.8 Å². The van der Waals surface area contributed by atoms with E-state index in [2.05, 4.69) is 22.6 Å². The summed E-state index contributed by atoms with van der Waals surface area (Å²) in [6.07, 6.45) is -0.628. The van der Waals surface area contributed by atoms with Gasteiger partial charge in [-0.15, -0.1) is 0 Å². The molecule has 1 amide bonds. The predicted octanol–water partition coefficient (Wildman–Crippen LogP) is 2.27. The van der Waals surface area contributed by atoms with Gasteiger partial charge in [-0.25, -0.2) is 0 Å². The lowest BCUT2D eigenvalue weighted by Gasteiger charge is -2.23. The van der Waals surface area contributed by atoms with Crippen LogP contribution in [0.2, 0.25) is 0 Å². The zero-order chi connectivity index (χ0) is 12.3. The van der Waals surface area contributed by atoms with Gasteiger partial charge in [-0.3, -0.25) is 4.79 Å². The van der Waals surface area contributed by atoms with Crippen LogP contribution in [0, 0.1) is 9.49 Å². The molecule has 88 valence electrons. The standard InChI is InChI=1S/C12H16INO2/c1-8(9(2)15)12(16)14(3)11-7-5-4-6-10(11)13/h4-9,15H,1-3H3/t8-,9+/m1/s1. The van der Waals surface area contributed by atoms with Crippen LogP contribution < -0.4 is 4.90 Å². The van der Waals surface area contributed by atoms with Crippen molar-refractivity contribution in [1.82, 2.24) is 0 Å². The third-order valence-corrected chi connectivity index (χ3v) is 3.57. The van der Waals surface area contributed by atoms with Crippen molar-refractivity contribution in [2.75, 3.05) is 11.9 Å². The number of anilines is 1. The Hall–Kier alpha value is -0.620. The van der Waals surface area contributed by atoms with Gasteiger partial charge in [0.2, 0.25) is 5.91 Å².